The molecule has 0 saturated heterocycles. The van der Waals surface area contributed by atoms with E-state index in [0.29, 0.717) is 6.01 Å². The standard InChI is InChI=1S/C15H21N3O2/c1-10-8-7-9-11(15(2,3)4)12(10)18-13(20-6)16-17(5)14(18)19/h7-9H,1-6H3. The molecule has 5 nitrogen and oxygen atoms in total. The number of rotatable bonds is 2. The van der Waals surface area contributed by atoms with Gasteiger partial charge in [0.2, 0.25) is 0 Å². The van der Waals surface area contributed by atoms with E-state index in [4.69, 9.17) is 4.74 Å². The summed E-state index contributed by atoms with van der Waals surface area (Å²) in [4.78, 5) is 12.4. The van der Waals surface area contributed by atoms with Crippen LogP contribution in [-0.4, -0.2) is 21.5 Å². The Balaban J connectivity index is 2.87. The largest absolute Gasteiger partial charge is 0.467 e. The van der Waals surface area contributed by atoms with E-state index in [1.54, 1.807) is 7.05 Å². The van der Waals surface area contributed by atoms with Gasteiger partial charge in [-0.2, -0.15) is 0 Å². The fourth-order valence-electron chi connectivity index (χ4n) is 2.33. The quantitative estimate of drug-likeness (QED) is 0.844. The van der Waals surface area contributed by atoms with E-state index < -0.39 is 0 Å². The van der Waals surface area contributed by atoms with E-state index in [0.717, 1.165) is 16.8 Å². The van der Waals surface area contributed by atoms with Crippen molar-refractivity contribution in [1.29, 1.82) is 0 Å². The van der Waals surface area contributed by atoms with Crippen LogP contribution in [0, 0.1) is 6.92 Å². The zero-order chi connectivity index (χ0) is 15.1. The lowest BCUT2D eigenvalue weighted by Crippen LogP contribution is -2.25. The molecule has 0 aliphatic heterocycles. The van der Waals surface area contributed by atoms with E-state index in [1.165, 1.54) is 16.4 Å². The number of hydrogen-bond acceptors (Lipinski definition) is 3. The van der Waals surface area contributed by atoms with Crippen LogP contribution in [0.1, 0.15) is 31.9 Å². The first kappa shape index (κ1) is 14.4. The fourth-order valence-corrected chi connectivity index (χ4v) is 2.33. The van der Waals surface area contributed by atoms with E-state index in [9.17, 15) is 4.79 Å². The Labute approximate surface area is 118 Å². The summed E-state index contributed by atoms with van der Waals surface area (Å²) < 4.78 is 8.08. The molecule has 5 heteroatoms. The Morgan fingerprint density at radius 3 is 2.45 bits per heavy atom. The summed E-state index contributed by atoms with van der Waals surface area (Å²) in [6.07, 6.45) is 0. The second-order valence-corrected chi connectivity index (χ2v) is 5.95. The van der Waals surface area contributed by atoms with Crippen molar-refractivity contribution in [3.8, 4) is 11.7 Å². The van der Waals surface area contributed by atoms with E-state index >= 15 is 0 Å². The lowest BCUT2D eigenvalue weighted by atomic mass is 9.84. The molecule has 1 aromatic heterocycles. The average molecular weight is 275 g/mol. The van der Waals surface area contributed by atoms with Gasteiger partial charge in [-0.3, -0.25) is 0 Å². The van der Waals surface area contributed by atoms with Gasteiger partial charge in [0.25, 0.3) is 0 Å². The number of para-hydroxylation sites is 1. The maximum absolute atomic E-state index is 12.4. The Morgan fingerprint density at radius 1 is 1.25 bits per heavy atom. The van der Waals surface area contributed by atoms with E-state index in [2.05, 4.69) is 25.9 Å². The summed E-state index contributed by atoms with van der Waals surface area (Å²) in [5.41, 5.74) is 2.68. The lowest BCUT2D eigenvalue weighted by Gasteiger charge is -2.24. The first-order chi connectivity index (χ1) is 9.27. The van der Waals surface area contributed by atoms with Gasteiger partial charge < -0.3 is 4.74 Å². The summed E-state index contributed by atoms with van der Waals surface area (Å²) in [5, 5.41) is 4.11. The SMILES string of the molecule is COc1nn(C)c(=O)n1-c1c(C)cccc1C(C)(C)C. The molecule has 1 heterocycles. The molecule has 0 bridgehead atoms. The van der Waals surface area contributed by atoms with Gasteiger partial charge in [-0.25, -0.2) is 14.0 Å². The van der Waals surface area contributed by atoms with Crippen LogP contribution in [0.25, 0.3) is 5.69 Å². The van der Waals surface area contributed by atoms with Crippen molar-refractivity contribution in [2.24, 2.45) is 7.05 Å². The Kier molecular flexibility index (Phi) is 3.46. The Bertz CT molecular complexity index is 690. The molecule has 0 aliphatic rings. The van der Waals surface area contributed by atoms with E-state index in [-0.39, 0.29) is 11.1 Å². The lowest BCUT2D eigenvalue weighted by molar-refractivity contribution is 0.367. The zero-order valence-electron chi connectivity index (χ0n) is 12.9. The van der Waals surface area contributed by atoms with Gasteiger partial charge in [-0.1, -0.05) is 39.0 Å². The molecule has 0 aliphatic carbocycles. The molecule has 108 valence electrons. The molecule has 0 radical (unpaired) electrons. The smallest absolute Gasteiger partial charge is 0.353 e. The molecule has 0 fully saturated rings. The molecule has 2 rings (SSSR count). The van der Waals surface area contributed by atoms with Crippen molar-refractivity contribution >= 4 is 0 Å². The van der Waals surface area contributed by atoms with E-state index in [1.807, 2.05) is 25.1 Å². The molecular formula is C15H21N3O2. The molecule has 20 heavy (non-hydrogen) atoms. The van der Waals surface area contributed by atoms with Crippen LogP contribution < -0.4 is 10.4 Å². The molecule has 2 aromatic rings. The van der Waals surface area contributed by atoms with Crippen LogP contribution in [-0.2, 0) is 12.5 Å². The van der Waals surface area contributed by atoms with Gasteiger partial charge in [0.05, 0.1) is 12.8 Å². The number of hydrogen-bond donors (Lipinski definition) is 0. The van der Waals surface area contributed by atoms with Gasteiger partial charge in [0.15, 0.2) is 0 Å². The van der Waals surface area contributed by atoms with Crippen molar-refractivity contribution in [3.63, 3.8) is 0 Å². The van der Waals surface area contributed by atoms with Crippen LogP contribution in [0.2, 0.25) is 0 Å². The highest BCUT2D eigenvalue weighted by atomic mass is 16.5. The molecule has 0 amide bonds. The molecule has 1 aromatic carbocycles. The summed E-state index contributed by atoms with van der Waals surface area (Å²) in [7, 11) is 3.14. The molecular weight excluding hydrogens is 254 g/mol. The number of aromatic nitrogens is 3. The van der Waals surface area contributed by atoms with Gasteiger partial charge in [-0.05, 0) is 23.5 Å². The highest BCUT2D eigenvalue weighted by Crippen LogP contribution is 2.31. The normalized spacial score (nSPS) is 11.7. The highest BCUT2D eigenvalue weighted by molar-refractivity contribution is 5.51. The minimum atomic E-state index is -0.207. The van der Waals surface area contributed by atoms with Gasteiger partial charge >= 0.3 is 11.7 Å². The van der Waals surface area contributed by atoms with Crippen LogP contribution >= 0.6 is 0 Å². The topological polar surface area (TPSA) is 49.1 Å². The second-order valence-electron chi connectivity index (χ2n) is 5.95. The molecule has 0 saturated carbocycles. The second kappa shape index (κ2) is 4.81. The van der Waals surface area contributed by atoms with Crippen molar-refractivity contribution in [2.75, 3.05) is 7.11 Å². The van der Waals surface area contributed by atoms with Gasteiger partial charge in [0, 0.05) is 7.05 Å². The van der Waals surface area contributed by atoms with Gasteiger partial charge in [0.1, 0.15) is 0 Å². The number of aryl methyl sites for hydroxylation is 2. The first-order valence-corrected chi connectivity index (χ1v) is 6.58. The van der Waals surface area contributed by atoms with Gasteiger partial charge in [-0.15, -0.1) is 5.10 Å². The van der Waals surface area contributed by atoms with Crippen molar-refractivity contribution in [3.05, 3.63) is 39.8 Å². The van der Waals surface area contributed by atoms with Crippen molar-refractivity contribution in [2.45, 2.75) is 33.1 Å². The van der Waals surface area contributed by atoms with Crippen molar-refractivity contribution < 1.29 is 4.74 Å². The minimum absolute atomic E-state index is 0.0817. The summed E-state index contributed by atoms with van der Waals surface area (Å²) in [6.45, 7) is 8.36. The molecule has 0 N–H and O–H groups in total. The zero-order valence-corrected chi connectivity index (χ0v) is 12.9. The number of nitrogens with zero attached hydrogens (tertiary/aromatic N) is 3. The number of benzene rings is 1. The highest BCUT2D eigenvalue weighted by Gasteiger charge is 2.24. The van der Waals surface area contributed by atoms with Crippen molar-refractivity contribution in [1.82, 2.24) is 14.3 Å². The molecule has 0 unspecified atom stereocenters. The first-order valence-electron chi connectivity index (χ1n) is 6.58. The number of methoxy groups -OCH3 is 1. The Hall–Kier alpha value is -2.04. The maximum atomic E-state index is 12.4. The minimum Gasteiger partial charge on any atom is -0.467 e. The monoisotopic (exact) mass is 275 g/mol. The summed E-state index contributed by atoms with van der Waals surface area (Å²) in [6, 6.07) is 6.34. The van der Waals surface area contributed by atoms with Crippen LogP contribution in [0.3, 0.4) is 0 Å². The fraction of sp³-hybridized carbons (Fsp3) is 0.467. The maximum Gasteiger partial charge on any atom is 0.353 e. The molecule has 0 spiro atoms. The third-order valence-electron chi connectivity index (χ3n) is 3.35. The summed E-state index contributed by atoms with van der Waals surface area (Å²) >= 11 is 0. The Morgan fingerprint density at radius 2 is 1.90 bits per heavy atom. The predicted molar refractivity (Wildman–Crippen MR) is 78.8 cm³/mol. The number of ether oxygens (including phenoxy) is 1. The summed E-state index contributed by atoms with van der Waals surface area (Å²) in [5.74, 6) is 0. The third-order valence-corrected chi connectivity index (χ3v) is 3.35. The van der Waals surface area contributed by atoms with Crippen LogP contribution in [0.4, 0.5) is 0 Å². The van der Waals surface area contributed by atoms with Crippen LogP contribution in [0.5, 0.6) is 6.01 Å². The predicted octanol–water partition coefficient (Wildman–Crippen LogP) is 2.19. The van der Waals surface area contributed by atoms with Crippen LogP contribution in [0.15, 0.2) is 23.0 Å². The average Bonchev–Trinajstić information content (AvgIpc) is 2.64. The molecule has 0 atom stereocenters. The third kappa shape index (κ3) is 2.24.